The SMILES string of the molecule is CCC(=O)Cn1c(=O)n(C2CCN([C@@H]3CCCc4c(C)cccc43)CC2)c2ccccc21. The summed E-state index contributed by atoms with van der Waals surface area (Å²) < 4.78 is 3.64. The second-order valence-corrected chi connectivity index (χ2v) is 9.44. The van der Waals surface area contributed by atoms with E-state index in [4.69, 9.17) is 0 Å². The maximum Gasteiger partial charge on any atom is 0.329 e. The normalized spacial score (nSPS) is 19.9. The van der Waals surface area contributed by atoms with Crippen LogP contribution < -0.4 is 5.69 Å². The number of ketones is 1. The van der Waals surface area contributed by atoms with E-state index in [1.807, 2.05) is 35.8 Å². The van der Waals surface area contributed by atoms with Crippen LogP contribution in [0.3, 0.4) is 0 Å². The van der Waals surface area contributed by atoms with Crippen LogP contribution >= 0.6 is 0 Å². The third-order valence-electron chi connectivity index (χ3n) is 7.61. The van der Waals surface area contributed by atoms with Gasteiger partial charge in [-0.25, -0.2) is 4.79 Å². The van der Waals surface area contributed by atoms with E-state index in [1.54, 1.807) is 10.1 Å². The van der Waals surface area contributed by atoms with E-state index in [0.29, 0.717) is 12.5 Å². The van der Waals surface area contributed by atoms with Crippen molar-refractivity contribution in [2.75, 3.05) is 13.1 Å². The van der Waals surface area contributed by atoms with Crippen LogP contribution in [0.2, 0.25) is 0 Å². The van der Waals surface area contributed by atoms with E-state index in [9.17, 15) is 9.59 Å². The molecule has 0 bridgehead atoms. The van der Waals surface area contributed by atoms with Gasteiger partial charge in [0.25, 0.3) is 0 Å². The highest BCUT2D eigenvalue weighted by Crippen LogP contribution is 2.38. The summed E-state index contributed by atoms with van der Waals surface area (Å²) in [5, 5.41) is 0. The Morgan fingerprint density at radius 2 is 1.75 bits per heavy atom. The van der Waals surface area contributed by atoms with Gasteiger partial charge < -0.3 is 0 Å². The van der Waals surface area contributed by atoms with Crippen LogP contribution in [0.15, 0.2) is 47.3 Å². The zero-order valence-corrected chi connectivity index (χ0v) is 19.2. The molecule has 1 aromatic heterocycles. The smallest absolute Gasteiger partial charge is 0.298 e. The van der Waals surface area contributed by atoms with Gasteiger partial charge in [0.1, 0.15) is 0 Å². The first-order chi connectivity index (χ1) is 15.6. The number of carbonyl (C=O) groups excluding carboxylic acids is 1. The van der Waals surface area contributed by atoms with Gasteiger partial charge in [-0.3, -0.25) is 18.8 Å². The lowest BCUT2D eigenvalue weighted by Crippen LogP contribution is -2.40. The van der Waals surface area contributed by atoms with Gasteiger partial charge in [-0.1, -0.05) is 37.3 Å². The first kappa shape index (κ1) is 21.2. The summed E-state index contributed by atoms with van der Waals surface area (Å²) >= 11 is 0. The Bertz CT molecular complexity index is 1200. The molecule has 0 spiro atoms. The van der Waals surface area contributed by atoms with E-state index in [0.717, 1.165) is 37.0 Å². The molecule has 32 heavy (non-hydrogen) atoms. The predicted molar refractivity (Wildman–Crippen MR) is 128 cm³/mol. The third kappa shape index (κ3) is 3.62. The van der Waals surface area contributed by atoms with Gasteiger partial charge in [0.05, 0.1) is 17.6 Å². The minimum absolute atomic E-state index is 0.0370. The van der Waals surface area contributed by atoms with E-state index >= 15 is 0 Å². The number of fused-ring (bicyclic) bond motifs is 2. The molecule has 1 aliphatic heterocycles. The minimum atomic E-state index is -0.0370. The fourth-order valence-corrected chi connectivity index (χ4v) is 5.87. The highest BCUT2D eigenvalue weighted by atomic mass is 16.2. The van der Waals surface area contributed by atoms with Crippen LogP contribution in [-0.4, -0.2) is 32.9 Å². The number of aromatic nitrogens is 2. The molecule has 2 heterocycles. The number of benzene rings is 2. The van der Waals surface area contributed by atoms with Crippen LogP contribution in [0, 0.1) is 6.92 Å². The molecule has 2 aliphatic rings. The molecule has 0 saturated carbocycles. The van der Waals surface area contributed by atoms with Crippen molar-refractivity contribution in [3.63, 3.8) is 0 Å². The Balaban J connectivity index is 1.40. The van der Waals surface area contributed by atoms with Gasteiger partial charge in [-0.15, -0.1) is 0 Å². The van der Waals surface area contributed by atoms with Crippen LogP contribution in [0.25, 0.3) is 11.0 Å². The molecule has 2 aromatic carbocycles. The van der Waals surface area contributed by atoms with Gasteiger partial charge in [0, 0.05) is 31.6 Å². The Morgan fingerprint density at radius 3 is 2.50 bits per heavy atom. The van der Waals surface area contributed by atoms with Crippen LogP contribution in [0.1, 0.15) is 67.8 Å². The van der Waals surface area contributed by atoms with Gasteiger partial charge in [-0.2, -0.15) is 0 Å². The van der Waals surface area contributed by atoms with Gasteiger partial charge in [0.2, 0.25) is 0 Å². The lowest BCUT2D eigenvalue weighted by atomic mass is 9.83. The maximum absolute atomic E-state index is 13.4. The Hall–Kier alpha value is -2.66. The highest BCUT2D eigenvalue weighted by Gasteiger charge is 2.31. The van der Waals surface area contributed by atoms with Gasteiger partial charge in [0.15, 0.2) is 5.78 Å². The molecule has 1 aliphatic carbocycles. The van der Waals surface area contributed by atoms with Crippen molar-refractivity contribution < 1.29 is 4.79 Å². The van der Waals surface area contributed by atoms with E-state index in [2.05, 4.69) is 30.0 Å². The van der Waals surface area contributed by atoms with Crippen molar-refractivity contribution >= 4 is 16.8 Å². The molecule has 3 aromatic rings. The second-order valence-electron chi connectivity index (χ2n) is 9.44. The van der Waals surface area contributed by atoms with E-state index in [-0.39, 0.29) is 24.1 Å². The number of imidazole rings is 1. The number of nitrogens with zero attached hydrogens (tertiary/aromatic N) is 3. The van der Waals surface area contributed by atoms with Crippen molar-refractivity contribution in [3.8, 4) is 0 Å². The first-order valence-electron chi connectivity index (χ1n) is 12.1. The predicted octanol–water partition coefficient (Wildman–Crippen LogP) is 4.81. The Kier molecular flexibility index (Phi) is 5.76. The largest absolute Gasteiger partial charge is 0.329 e. The monoisotopic (exact) mass is 431 g/mol. The molecule has 0 radical (unpaired) electrons. The van der Waals surface area contributed by atoms with E-state index < -0.39 is 0 Å². The number of Topliss-reactive ketones (excluding diaryl/α,β-unsaturated/α-hetero) is 1. The summed E-state index contributed by atoms with van der Waals surface area (Å²) in [6.07, 6.45) is 6.05. The highest BCUT2D eigenvalue weighted by molar-refractivity contribution is 5.82. The van der Waals surface area contributed by atoms with E-state index in [1.165, 1.54) is 30.4 Å². The number of hydrogen-bond acceptors (Lipinski definition) is 3. The van der Waals surface area contributed by atoms with Crippen molar-refractivity contribution in [2.24, 2.45) is 0 Å². The summed E-state index contributed by atoms with van der Waals surface area (Å²) in [6, 6.07) is 15.4. The average Bonchev–Trinajstić information content (AvgIpc) is 3.10. The standard InChI is InChI=1S/C27H33N3O2/c1-3-21(31)18-29-25-11-4-5-12-26(25)30(27(29)32)20-14-16-28(17-15-20)24-13-7-9-22-19(2)8-6-10-23(22)24/h4-6,8,10-12,20,24H,3,7,9,13-18H2,1-2H3/t24-/m1/s1. The van der Waals surface area contributed by atoms with Gasteiger partial charge >= 0.3 is 5.69 Å². The molecule has 168 valence electrons. The number of likely N-dealkylation sites (tertiary alicyclic amines) is 1. The Morgan fingerprint density at radius 1 is 1.00 bits per heavy atom. The number of rotatable bonds is 5. The van der Waals surface area contributed by atoms with Crippen molar-refractivity contribution in [1.29, 1.82) is 0 Å². The fourth-order valence-electron chi connectivity index (χ4n) is 5.87. The molecular weight excluding hydrogens is 398 g/mol. The van der Waals surface area contributed by atoms with Crippen molar-refractivity contribution in [1.82, 2.24) is 14.0 Å². The lowest BCUT2D eigenvalue weighted by Gasteiger charge is -2.40. The third-order valence-corrected chi connectivity index (χ3v) is 7.61. The van der Waals surface area contributed by atoms with Gasteiger partial charge in [-0.05, 0) is 67.9 Å². The summed E-state index contributed by atoms with van der Waals surface area (Å²) in [5.41, 5.74) is 6.28. The first-order valence-corrected chi connectivity index (χ1v) is 12.1. The molecule has 5 heteroatoms. The molecule has 0 unspecified atom stereocenters. The number of carbonyl (C=O) groups is 1. The zero-order valence-electron chi connectivity index (χ0n) is 19.2. The number of piperidine rings is 1. The van der Waals surface area contributed by atoms with Crippen molar-refractivity contribution in [2.45, 2.75) is 71.0 Å². The lowest BCUT2D eigenvalue weighted by molar-refractivity contribution is -0.119. The summed E-state index contributed by atoms with van der Waals surface area (Å²) in [6.45, 7) is 6.26. The number of para-hydroxylation sites is 2. The molecule has 0 N–H and O–H groups in total. The molecule has 1 atom stereocenters. The molecular formula is C27H33N3O2. The topological polar surface area (TPSA) is 47.2 Å². The van der Waals surface area contributed by atoms with Crippen LogP contribution in [0.4, 0.5) is 0 Å². The summed E-state index contributed by atoms with van der Waals surface area (Å²) in [7, 11) is 0. The summed E-state index contributed by atoms with van der Waals surface area (Å²) in [4.78, 5) is 28.2. The number of aryl methyl sites for hydroxylation is 1. The maximum atomic E-state index is 13.4. The second kappa shape index (κ2) is 8.70. The number of hydrogen-bond donors (Lipinski definition) is 0. The zero-order chi connectivity index (χ0) is 22.2. The summed E-state index contributed by atoms with van der Waals surface area (Å²) in [5.74, 6) is 0.0936. The molecule has 1 saturated heterocycles. The molecule has 1 fully saturated rings. The average molecular weight is 432 g/mol. The molecule has 5 nitrogen and oxygen atoms in total. The van der Waals surface area contributed by atoms with Crippen LogP contribution in [-0.2, 0) is 17.8 Å². The fraction of sp³-hybridized carbons (Fsp3) is 0.481. The quantitative estimate of drug-likeness (QED) is 0.583. The Labute approximate surface area is 189 Å². The molecule has 0 amide bonds. The van der Waals surface area contributed by atoms with Crippen LogP contribution in [0.5, 0.6) is 0 Å². The minimum Gasteiger partial charge on any atom is -0.298 e. The van der Waals surface area contributed by atoms with Crippen molar-refractivity contribution in [3.05, 3.63) is 69.6 Å². The molecule has 5 rings (SSSR count).